The van der Waals surface area contributed by atoms with E-state index in [0.29, 0.717) is 6.54 Å². The fourth-order valence-electron chi connectivity index (χ4n) is 1.23. The lowest BCUT2D eigenvalue weighted by atomic mass is 10.2. The fourth-order valence-corrected chi connectivity index (χ4v) is 1.94. The zero-order valence-corrected chi connectivity index (χ0v) is 11.3. The molecule has 0 aliphatic heterocycles. The molecule has 1 aromatic rings. The lowest BCUT2D eigenvalue weighted by Crippen LogP contribution is -2.42. The van der Waals surface area contributed by atoms with Crippen molar-refractivity contribution in [3.05, 3.63) is 22.4 Å². The normalized spacial score (nSPS) is 12.2. The van der Waals surface area contributed by atoms with E-state index >= 15 is 0 Å². The molecule has 0 saturated heterocycles. The van der Waals surface area contributed by atoms with E-state index in [9.17, 15) is 14.7 Å². The first-order chi connectivity index (χ1) is 8.50. The van der Waals surface area contributed by atoms with Crippen LogP contribution in [0.25, 0.3) is 0 Å². The van der Waals surface area contributed by atoms with Crippen LogP contribution in [0.15, 0.2) is 16.8 Å². The predicted octanol–water partition coefficient (Wildman–Crippen LogP) is 0.670. The molecule has 0 fully saturated rings. The first-order valence-corrected chi connectivity index (χ1v) is 6.71. The molecule has 1 atom stereocenters. The molecule has 0 radical (unpaired) electrons. The van der Waals surface area contributed by atoms with Crippen molar-refractivity contribution >= 4 is 23.2 Å². The van der Waals surface area contributed by atoms with E-state index in [4.69, 9.17) is 0 Å². The second kappa shape index (κ2) is 7.13. The number of aliphatic hydroxyl groups is 1. The number of carbonyl (C=O) groups is 2. The highest BCUT2D eigenvalue weighted by atomic mass is 32.1. The highest BCUT2D eigenvalue weighted by Gasteiger charge is 2.15. The summed E-state index contributed by atoms with van der Waals surface area (Å²) in [6, 6.07) is 1.78. The van der Waals surface area contributed by atoms with Gasteiger partial charge in [0.15, 0.2) is 0 Å². The Morgan fingerprint density at radius 1 is 1.28 bits per heavy atom. The van der Waals surface area contributed by atoms with Gasteiger partial charge in [0.1, 0.15) is 0 Å². The van der Waals surface area contributed by atoms with E-state index in [1.54, 1.807) is 11.4 Å². The van der Waals surface area contributed by atoms with Gasteiger partial charge in [-0.1, -0.05) is 13.8 Å². The van der Waals surface area contributed by atoms with Gasteiger partial charge in [-0.2, -0.15) is 11.3 Å². The third-order valence-corrected chi connectivity index (χ3v) is 2.96. The Hall–Kier alpha value is -1.40. The number of thiophene rings is 1. The number of rotatable bonds is 5. The van der Waals surface area contributed by atoms with E-state index in [-0.39, 0.29) is 12.5 Å². The van der Waals surface area contributed by atoms with Gasteiger partial charge >= 0.3 is 11.8 Å². The maximum atomic E-state index is 11.4. The van der Waals surface area contributed by atoms with Crippen molar-refractivity contribution < 1.29 is 14.7 Å². The molecule has 0 saturated carbocycles. The number of aliphatic hydroxyl groups excluding tert-OH is 1. The van der Waals surface area contributed by atoms with Crippen molar-refractivity contribution in [1.82, 2.24) is 10.6 Å². The monoisotopic (exact) mass is 270 g/mol. The first-order valence-electron chi connectivity index (χ1n) is 5.77. The molecule has 3 N–H and O–H groups in total. The molecule has 5 nitrogen and oxygen atoms in total. The lowest BCUT2D eigenvalue weighted by Gasteiger charge is -2.11. The summed E-state index contributed by atoms with van der Waals surface area (Å²) in [6.45, 7) is 4.38. The van der Waals surface area contributed by atoms with Gasteiger partial charge < -0.3 is 15.7 Å². The summed E-state index contributed by atoms with van der Waals surface area (Å²) in [7, 11) is 0. The van der Waals surface area contributed by atoms with Crippen LogP contribution in [-0.4, -0.2) is 30.0 Å². The summed E-state index contributed by atoms with van der Waals surface area (Å²) in [6.07, 6.45) is -0.780. The highest BCUT2D eigenvalue weighted by molar-refractivity contribution is 7.07. The number of hydrogen-bond acceptors (Lipinski definition) is 4. The maximum Gasteiger partial charge on any atom is 0.309 e. The minimum atomic E-state index is -0.780. The Labute approximate surface area is 110 Å². The molecule has 1 heterocycles. The molecule has 1 unspecified atom stereocenters. The predicted molar refractivity (Wildman–Crippen MR) is 70.1 cm³/mol. The molecular weight excluding hydrogens is 252 g/mol. The van der Waals surface area contributed by atoms with Crippen LogP contribution < -0.4 is 10.6 Å². The van der Waals surface area contributed by atoms with Crippen LogP contribution in [0.4, 0.5) is 0 Å². The highest BCUT2D eigenvalue weighted by Crippen LogP contribution is 2.14. The van der Waals surface area contributed by atoms with Gasteiger partial charge in [0.2, 0.25) is 0 Å². The topological polar surface area (TPSA) is 78.4 Å². The average molecular weight is 270 g/mol. The molecule has 6 heteroatoms. The molecule has 0 aliphatic rings. The van der Waals surface area contributed by atoms with Crippen LogP contribution in [0, 0.1) is 5.92 Å². The van der Waals surface area contributed by atoms with Crippen molar-refractivity contribution in [2.75, 3.05) is 13.1 Å². The molecule has 0 aromatic carbocycles. The van der Waals surface area contributed by atoms with E-state index in [1.807, 2.05) is 19.2 Å². The molecule has 1 aromatic heterocycles. The molecule has 0 spiro atoms. The van der Waals surface area contributed by atoms with Gasteiger partial charge in [0.25, 0.3) is 0 Å². The number of amides is 2. The molecule has 100 valence electrons. The minimum Gasteiger partial charge on any atom is -0.387 e. The summed E-state index contributed by atoms with van der Waals surface area (Å²) in [4.78, 5) is 22.7. The third kappa shape index (κ3) is 4.85. The van der Waals surface area contributed by atoms with E-state index in [2.05, 4.69) is 10.6 Å². The molecular formula is C12H18N2O3S. The number of nitrogens with one attached hydrogen (secondary N) is 2. The number of carbonyl (C=O) groups excluding carboxylic acids is 2. The fraction of sp³-hybridized carbons (Fsp3) is 0.500. The van der Waals surface area contributed by atoms with Crippen LogP contribution in [0.3, 0.4) is 0 Å². The molecule has 1 rings (SSSR count). The summed E-state index contributed by atoms with van der Waals surface area (Å²) in [5, 5.41) is 18.3. The second-order valence-electron chi connectivity index (χ2n) is 4.39. The maximum absolute atomic E-state index is 11.4. The molecule has 0 bridgehead atoms. The van der Waals surface area contributed by atoms with Gasteiger partial charge in [-0.05, 0) is 28.3 Å². The first kappa shape index (κ1) is 14.7. The van der Waals surface area contributed by atoms with Gasteiger partial charge in [-0.15, -0.1) is 0 Å². The van der Waals surface area contributed by atoms with Crippen LogP contribution in [0.1, 0.15) is 25.5 Å². The summed E-state index contributed by atoms with van der Waals surface area (Å²) >= 11 is 1.47. The summed E-state index contributed by atoms with van der Waals surface area (Å²) in [5.74, 6) is -1.09. The van der Waals surface area contributed by atoms with Crippen molar-refractivity contribution in [2.45, 2.75) is 20.0 Å². The van der Waals surface area contributed by atoms with Crippen molar-refractivity contribution in [1.29, 1.82) is 0 Å². The Balaban J connectivity index is 2.30. The average Bonchev–Trinajstić information content (AvgIpc) is 2.86. The van der Waals surface area contributed by atoms with Crippen LogP contribution in [-0.2, 0) is 9.59 Å². The molecule has 18 heavy (non-hydrogen) atoms. The van der Waals surface area contributed by atoms with Crippen molar-refractivity contribution in [3.63, 3.8) is 0 Å². The Bertz CT molecular complexity index is 390. The Kier molecular flexibility index (Phi) is 5.80. The van der Waals surface area contributed by atoms with Gasteiger partial charge in [-0.25, -0.2) is 0 Å². The Morgan fingerprint density at radius 3 is 2.39 bits per heavy atom. The van der Waals surface area contributed by atoms with E-state index in [0.717, 1.165) is 5.56 Å². The van der Waals surface area contributed by atoms with Gasteiger partial charge in [0.05, 0.1) is 6.10 Å². The summed E-state index contributed by atoms with van der Waals surface area (Å²) in [5.41, 5.74) is 0.739. The van der Waals surface area contributed by atoms with E-state index < -0.39 is 17.9 Å². The molecule has 2 amide bonds. The third-order valence-electron chi connectivity index (χ3n) is 2.26. The van der Waals surface area contributed by atoms with Gasteiger partial charge in [0, 0.05) is 13.1 Å². The van der Waals surface area contributed by atoms with Crippen molar-refractivity contribution in [3.8, 4) is 0 Å². The number of hydrogen-bond donors (Lipinski definition) is 3. The zero-order chi connectivity index (χ0) is 13.5. The van der Waals surface area contributed by atoms with Crippen LogP contribution in [0.5, 0.6) is 0 Å². The largest absolute Gasteiger partial charge is 0.387 e. The smallest absolute Gasteiger partial charge is 0.309 e. The lowest BCUT2D eigenvalue weighted by molar-refractivity contribution is -0.139. The minimum absolute atomic E-state index is 0.0324. The zero-order valence-electron chi connectivity index (χ0n) is 10.5. The second-order valence-corrected chi connectivity index (χ2v) is 5.17. The van der Waals surface area contributed by atoms with Crippen molar-refractivity contribution in [2.24, 2.45) is 5.92 Å². The summed E-state index contributed by atoms with van der Waals surface area (Å²) < 4.78 is 0. The van der Waals surface area contributed by atoms with Crippen LogP contribution >= 0.6 is 11.3 Å². The quantitative estimate of drug-likeness (QED) is 0.688. The van der Waals surface area contributed by atoms with E-state index in [1.165, 1.54) is 11.3 Å². The standard InChI is InChI=1S/C12H18N2O3S/c1-8(2)5-13-11(16)12(17)14-6-10(15)9-3-4-18-7-9/h3-4,7-8,10,15H,5-6H2,1-2H3,(H,13,16)(H,14,17). The van der Waals surface area contributed by atoms with Crippen LogP contribution in [0.2, 0.25) is 0 Å². The van der Waals surface area contributed by atoms with Gasteiger partial charge in [-0.3, -0.25) is 9.59 Å². The Morgan fingerprint density at radius 2 is 1.89 bits per heavy atom. The SMILES string of the molecule is CC(C)CNC(=O)C(=O)NCC(O)c1ccsc1. The molecule has 0 aliphatic carbocycles.